The van der Waals surface area contributed by atoms with Gasteiger partial charge < -0.3 is 15.2 Å². The number of benzene rings is 2. The van der Waals surface area contributed by atoms with Gasteiger partial charge in [0.1, 0.15) is 6.54 Å². The van der Waals surface area contributed by atoms with Crippen molar-refractivity contribution >= 4 is 38.8 Å². The minimum atomic E-state index is -4.51. The molecule has 0 aliphatic heterocycles. The van der Waals surface area contributed by atoms with Gasteiger partial charge in [0, 0.05) is 29.4 Å². The van der Waals surface area contributed by atoms with E-state index in [2.05, 4.69) is 22.2 Å². The van der Waals surface area contributed by atoms with Crippen LogP contribution in [0.5, 0.6) is 0 Å². The second-order valence-corrected chi connectivity index (χ2v) is 11.4. The number of hydrogen-bond acceptors (Lipinski definition) is 6. The highest BCUT2D eigenvalue weighted by molar-refractivity contribution is 7.90. The molecule has 0 fully saturated rings. The van der Waals surface area contributed by atoms with Crippen molar-refractivity contribution in [1.29, 1.82) is 0 Å². The predicted molar refractivity (Wildman–Crippen MR) is 151 cm³/mol. The van der Waals surface area contributed by atoms with Crippen molar-refractivity contribution in [2.45, 2.75) is 37.9 Å². The van der Waals surface area contributed by atoms with Gasteiger partial charge in [-0.2, -0.15) is 13.2 Å². The van der Waals surface area contributed by atoms with Gasteiger partial charge in [-0.3, -0.25) is 18.8 Å². The number of alkyl halides is 3. The van der Waals surface area contributed by atoms with Crippen molar-refractivity contribution in [1.82, 2.24) is 14.0 Å². The number of halogens is 3. The third-order valence-electron chi connectivity index (χ3n) is 6.42. The van der Waals surface area contributed by atoms with Gasteiger partial charge in [0.05, 0.1) is 27.4 Å². The van der Waals surface area contributed by atoms with E-state index in [4.69, 9.17) is 0 Å². The minimum Gasteiger partial charge on any atom is -0.325 e. The highest BCUT2D eigenvalue weighted by Gasteiger charge is 2.30. The molecule has 4 rings (SSSR count). The van der Waals surface area contributed by atoms with E-state index in [1.54, 1.807) is 13.8 Å². The molecule has 42 heavy (non-hydrogen) atoms. The summed E-state index contributed by atoms with van der Waals surface area (Å²) < 4.78 is 65.6. The molecule has 2 aromatic heterocycles. The van der Waals surface area contributed by atoms with Crippen LogP contribution in [0.2, 0.25) is 0 Å². The average Bonchev–Trinajstić information content (AvgIpc) is 3.22. The zero-order valence-corrected chi connectivity index (χ0v) is 23.6. The largest absolute Gasteiger partial charge is 0.416 e. The number of rotatable bonds is 8. The monoisotopic (exact) mass is 601 g/mol. The zero-order chi connectivity index (χ0) is 31.0. The number of aryl methyl sites for hydroxylation is 2. The molecule has 2 heterocycles. The molecule has 0 unspecified atom stereocenters. The molecule has 4 aromatic rings. The van der Waals surface area contributed by atoms with E-state index >= 15 is 0 Å². The molecule has 0 atom stereocenters. The first-order valence-corrected chi connectivity index (χ1v) is 14.4. The third kappa shape index (κ3) is 6.12. The van der Waals surface area contributed by atoms with Crippen molar-refractivity contribution in [3.63, 3.8) is 0 Å². The lowest BCUT2D eigenvalue weighted by Crippen LogP contribution is -2.23. The number of aromatic nitrogens is 3. The van der Waals surface area contributed by atoms with E-state index < -0.39 is 39.0 Å². The van der Waals surface area contributed by atoms with E-state index in [-0.39, 0.29) is 46.1 Å². The fourth-order valence-electron chi connectivity index (χ4n) is 4.35. The van der Waals surface area contributed by atoms with Gasteiger partial charge in [0.15, 0.2) is 9.84 Å². The number of imidazole rings is 1. The number of carbonyl (C=O) groups is 2. The van der Waals surface area contributed by atoms with Crippen LogP contribution in [0, 0.1) is 6.92 Å². The lowest BCUT2D eigenvalue weighted by Gasteiger charge is -2.15. The van der Waals surface area contributed by atoms with Crippen molar-refractivity contribution in [3.05, 3.63) is 88.6 Å². The summed E-state index contributed by atoms with van der Waals surface area (Å²) in [5.41, 5.74) is 0.0459. The Morgan fingerprint density at radius 1 is 1.10 bits per heavy atom. The summed E-state index contributed by atoms with van der Waals surface area (Å²) in [4.78, 5) is 43.3. The predicted octanol–water partition coefficient (Wildman–Crippen LogP) is 4.22. The number of nitrogens with zero attached hydrogens (tertiary/aromatic N) is 3. The van der Waals surface area contributed by atoms with Gasteiger partial charge in [-0.1, -0.05) is 19.6 Å². The van der Waals surface area contributed by atoms with Crippen LogP contribution in [-0.4, -0.2) is 40.4 Å². The van der Waals surface area contributed by atoms with E-state index in [0.717, 1.165) is 36.6 Å². The number of fused-ring (bicyclic) bond motifs is 1. The molecular formula is C28H26F3N5O5S. The molecule has 0 aliphatic rings. The van der Waals surface area contributed by atoms with Crippen LogP contribution >= 0.6 is 0 Å². The highest BCUT2D eigenvalue weighted by Crippen LogP contribution is 2.32. The Kier molecular flexibility index (Phi) is 8.12. The lowest BCUT2D eigenvalue weighted by molar-refractivity contribution is -0.137. The van der Waals surface area contributed by atoms with Crippen molar-refractivity contribution in [2.24, 2.45) is 0 Å². The van der Waals surface area contributed by atoms with E-state index in [0.29, 0.717) is 11.4 Å². The Labute approximate surface area is 238 Å². The van der Waals surface area contributed by atoms with Crippen LogP contribution in [0.3, 0.4) is 0 Å². The van der Waals surface area contributed by atoms with Gasteiger partial charge in [-0.25, -0.2) is 13.4 Å². The molecule has 0 saturated heterocycles. The Morgan fingerprint density at radius 2 is 1.76 bits per heavy atom. The number of anilines is 2. The van der Waals surface area contributed by atoms with Gasteiger partial charge in [0.2, 0.25) is 17.6 Å². The molecule has 2 amide bonds. The molecule has 0 spiro atoms. The number of hydrogen-bond donors (Lipinski definition) is 2. The normalized spacial score (nSPS) is 11.9. The second kappa shape index (κ2) is 11.3. The molecule has 0 radical (unpaired) electrons. The van der Waals surface area contributed by atoms with Gasteiger partial charge >= 0.3 is 6.18 Å². The lowest BCUT2D eigenvalue weighted by atomic mass is 10.0. The number of sulfone groups is 1. The number of carbonyl (C=O) groups excluding carboxylic acids is 2. The van der Waals surface area contributed by atoms with Crippen LogP contribution in [-0.2, 0) is 38.6 Å². The summed E-state index contributed by atoms with van der Waals surface area (Å²) >= 11 is 0. The molecule has 0 aliphatic carbocycles. The van der Waals surface area contributed by atoms with Crippen LogP contribution in [0.15, 0.2) is 71.0 Å². The number of nitrogens with one attached hydrogen (secondary N) is 2. The quantitative estimate of drug-likeness (QED) is 0.291. The van der Waals surface area contributed by atoms with E-state index in [1.807, 2.05) is 0 Å². The Bertz CT molecular complexity index is 1890. The van der Waals surface area contributed by atoms with E-state index in [1.165, 1.54) is 33.4 Å². The maximum Gasteiger partial charge on any atom is 0.416 e. The van der Waals surface area contributed by atoms with Crippen molar-refractivity contribution < 1.29 is 31.2 Å². The topological polar surface area (TPSA) is 132 Å². The summed E-state index contributed by atoms with van der Waals surface area (Å²) in [5, 5.41) is 5.10. The molecule has 2 aromatic carbocycles. The summed E-state index contributed by atoms with van der Waals surface area (Å²) in [7, 11) is -3.64. The van der Waals surface area contributed by atoms with Gasteiger partial charge in [-0.05, 0) is 55.8 Å². The van der Waals surface area contributed by atoms with Crippen LogP contribution in [0.1, 0.15) is 23.9 Å². The zero-order valence-electron chi connectivity index (χ0n) is 22.7. The Hall–Kier alpha value is -4.72. The summed E-state index contributed by atoms with van der Waals surface area (Å²) in [6, 6.07) is 7.99. The molecule has 2 N–H and O–H groups in total. The maximum absolute atomic E-state index is 13.8. The van der Waals surface area contributed by atoms with Crippen LogP contribution in [0.4, 0.5) is 24.5 Å². The SMILES string of the molecule is C=CC(=O)Nc1cc(S(C)(=O)=O)ccc1-c1c(CC)nc2n(CC(=O)Nc3ccc(C(F)(F)F)cc3)c(C)cn2c1=O. The summed E-state index contributed by atoms with van der Waals surface area (Å²) in [6.07, 6.45) is -0.741. The average molecular weight is 602 g/mol. The molecule has 0 bridgehead atoms. The first-order chi connectivity index (χ1) is 19.6. The van der Waals surface area contributed by atoms with Crippen molar-refractivity contribution in [3.8, 4) is 11.1 Å². The highest BCUT2D eigenvalue weighted by atomic mass is 32.2. The van der Waals surface area contributed by atoms with Crippen LogP contribution < -0.4 is 16.2 Å². The minimum absolute atomic E-state index is 0.0705. The fourth-order valence-corrected chi connectivity index (χ4v) is 5.00. The second-order valence-electron chi connectivity index (χ2n) is 9.42. The molecular weight excluding hydrogens is 575 g/mol. The standard InChI is InChI=1S/C28H26F3N5O5S/c1-5-21-25(20-12-11-19(42(4,40)41)13-22(20)33-23(37)6-2)26(39)36-14-16(3)35(27(36)34-21)15-24(38)32-18-9-7-17(8-10-18)28(29,30)31/h6-14H,2,5,15H2,1,3-4H3,(H,32,38)(H,33,37). The Balaban J connectivity index is 1.77. The van der Waals surface area contributed by atoms with Crippen molar-refractivity contribution in [2.75, 3.05) is 16.9 Å². The number of amides is 2. The van der Waals surface area contributed by atoms with Gasteiger partial charge in [0.25, 0.3) is 5.56 Å². The maximum atomic E-state index is 13.8. The first kappa shape index (κ1) is 30.2. The molecule has 14 heteroatoms. The smallest absolute Gasteiger partial charge is 0.325 e. The molecule has 10 nitrogen and oxygen atoms in total. The first-order valence-electron chi connectivity index (χ1n) is 12.5. The van der Waals surface area contributed by atoms with Crippen LogP contribution in [0.25, 0.3) is 16.9 Å². The molecule has 220 valence electrons. The van der Waals surface area contributed by atoms with E-state index in [9.17, 15) is 36.0 Å². The summed E-state index contributed by atoms with van der Waals surface area (Å²) in [5.74, 6) is -1.03. The summed E-state index contributed by atoms with van der Waals surface area (Å²) in [6.45, 7) is 6.53. The fraction of sp³-hybridized carbons (Fsp3) is 0.214. The third-order valence-corrected chi connectivity index (χ3v) is 7.53. The molecule has 0 saturated carbocycles. The Morgan fingerprint density at radius 3 is 2.33 bits per heavy atom. The van der Waals surface area contributed by atoms with Gasteiger partial charge in [-0.15, -0.1) is 0 Å².